The zero-order valence-corrected chi connectivity index (χ0v) is 18.7. The van der Waals surface area contributed by atoms with Crippen LogP contribution in [0, 0.1) is 41.4 Å². The average Bonchev–Trinajstić information content (AvgIpc) is 3.48. The summed E-state index contributed by atoms with van der Waals surface area (Å²) in [5, 5.41) is 0. The Hall–Kier alpha value is -1.22. The molecule has 2 rings (SSSR count). The van der Waals surface area contributed by atoms with Crippen LogP contribution in [-0.4, -0.2) is 0 Å². The first-order valence-corrected chi connectivity index (χ1v) is 12.0. The van der Waals surface area contributed by atoms with Gasteiger partial charge in [-0.3, -0.25) is 0 Å². The predicted octanol–water partition coefficient (Wildman–Crippen LogP) is 9.14. The normalized spacial score (nSPS) is 23.7. The molecule has 0 spiro atoms. The molecule has 0 aromatic carbocycles. The SMILES string of the molecule is C.C=CCCCC(C)/C=C/C1CCCC(=C)C1CC#CCCCC(C)CC1CC1. The highest BCUT2D eigenvalue weighted by Gasteiger charge is 2.25. The minimum atomic E-state index is 0. The monoisotopic (exact) mass is 396 g/mol. The van der Waals surface area contributed by atoms with E-state index in [9.17, 15) is 0 Å². The highest BCUT2D eigenvalue weighted by Crippen LogP contribution is 2.37. The lowest BCUT2D eigenvalue weighted by molar-refractivity contribution is 0.367. The zero-order chi connectivity index (χ0) is 20.2. The number of hydrogen-bond donors (Lipinski definition) is 0. The Morgan fingerprint density at radius 2 is 1.90 bits per heavy atom. The quantitative estimate of drug-likeness (QED) is 0.175. The fraction of sp³-hybridized carbons (Fsp3) is 0.724. The van der Waals surface area contributed by atoms with E-state index >= 15 is 0 Å². The lowest BCUT2D eigenvalue weighted by Crippen LogP contribution is -2.19. The second-order valence-corrected chi connectivity index (χ2v) is 9.64. The van der Waals surface area contributed by atoms with Crippen LogP contribution in [0.15, 0.2) is 37.0 Å². The summed E-state index contributed by atoms with van der Waals surface area (Å²) in [7, 11) is 0. The van der Waals surface area contributed by atoms with Gasteiger partial charge in [-0.15, -0.1) is 18.4 Å². The van der Waals surface area contributed by atoms with Gasteiger partial charge in [0.1, 0.15) is 0 Å². The summed E-state index contributed by atoms with van der Waals surface area (Å²) in [6.07, 6.45) is 23.6. The summed E-state index contributed by atoms with van der Waals surface area (Å²) < 4.78 is 0. The molecular weight excluding hydrogens is 348 g/mol. The second kappa shape index (κ2) is 14.7. The topological polar surface area (TPSA) is 0 Å². The van der Waals surface area contributed by atoms with Gasteiger partial charge in [0.2, 0.25) is 0 Å². The smallest absolute Gasteiger partial charge is 0.0160 e. The van der Waals surface area contributed by atoms with Crippen LogP contribution in [0.4, 0.5) is 0 Å². The summed E-state index contributed by atoms with van der Waals surface area (Å²) in [6, 6.07) is 0. The van der Waals surface area contributed by atoms with Crippen LogP contribution in [0.5, 0.6) is 0 Å². The molecule has 0 aromatic heterocycles. The van der Waals surface area contributed by atoms with E-state index in [2.05, 4.69) is 51.0 Å². The summed E-state index contributed by atoms with van der Waals surface area (Å²) in [5.41, 5.74) is 1.44. The minimum absolute atomic E-state index is 0. The first-order valence-electron chi connectivity index (χ1n) is 12.0. The third-order valence-corrected chi connectivity index (χ3v) is 6.71. The number of rotatable bonds is 12. The van der Waals surface area contributed by atoms with Crippen molar-refractivity contribution >= 4 is 0 Å². The van der Waals surface area contributed by atoms with Gasteiger partial charge in [-0.25, -0.2) is 0 Å². The van der Waals surface area contributed by atoms with Crippen LogP contribution < -0.4 is 0 Å². The molecule has 29 heavy (non-hydrogen) atoms. The van der Waals surface area contributed by atoms with E-state index in [0.717, 1.165) is 31.1 Å². The van der Waals surface area contributed by atoms with Crippen LogP contribution in [-0.2, 0) is 0 Å². The van der Waals surface area contributed by atoms with Crippen molar-refractivity contribution < 1.29 is 0 Å². The Morgan fingerprint density at radius 3 is 2.62 bits per heavy atom. The maximum absolute atomic E-state index is 4.39. The molecule has 2 aliphatic carbocycles. The lowest BCUT2D eigenvalue weighted by atomic mass is 9.74. The molecule has 0 saturated heterocycles. The van der Waals surface area contributed by atoms with Crippen molar-refractivity contribution in [2.75, 3.05) is 0 Å². The van der Waals surface area contributed by atoms with Crippen molar-refractivity contribution in [2.45, 2.75) is 105 Å². The summed E-state index contributed by atoms with van der Waals surface area (Å²) in [5.74, 6) is 10.8. The lowest BCUT2D eigenvalue weighted by Gasteiger charge is -2.30. The Labute approximate surface area is 183 Å². The van der Waals surface area contributed by atoms with Gasteiger partial charge in [0.25, 0.3) is 0 Å². The molecule has 0 heterocycles. The van der Waals surface area contributed by atoms with Crippen molar-refractivity contribution in [3.05, 3.63) is 37.0 Å². The van der Waals surface area contributed by atoms with Crippen molar-refractivity contribution in [1.29, 1.82) is 0 Å². The molecule has 0 aromatic rings. The molecule has 2 fully saturated rings. The van der Waals surface area contributed by atoms with Gasteiger partial charge in [0, 0.05) is 12.8 Å². The molecule has 0 nitrogen and oxygen atoms in total. The molecule has 2 saturated carbocycles. The molecule has 0 N–H and O–H groups in total. The third-order valence-electron chi connectivity index (χ3n) is 6.71. The highest BCUT2D eigenvalue weighted by atomic mass is 14.3. The van der Waals surface area contributed by atoms with Crippen molar-refractivity contribution in [1.82, 2.24) is 0 Å². The van der Waals surface area contributed by atoms with E-state index in [0.29, 0.717) is 17.8 Å². The molecule has 4 atom stereocenters. The molecular formula is C29H48. The maximum Gasteiger partial charge on any atom is 0.0160 e. The summed E-state index contributed by atoms with van der Waals surface area (Å²) >= 11 is 0. The summed E-state index contributed by atoms with van der Waals surface area (Å²) in [6.45, 7) is 13.0. The van der Waals surface area contributed by atoms with Gasteiger partial charge in [-0.1, -0.05) is 64.5 Å². The molecule has 0 amide bonds. The van der Waals surface area contributed by atoms with E-state index < -0.39 is 0 Å². The standard InChI is InChI=1S/C28H44.CH4/c1-5-6-9-13-23(2)18-21-27-16-12-15-25(4)28(27)17-11-8-7-10-14-24(3)22-26-19-20-26;/h5,18,21,23-24,26-28H,1,4,6-7,9-10,12-17,19-20,22H2,2-3H3;1H4/b21-18+;. The van der Waals surface area contributed by atoms with E-state index in [4.69, 9.17) is 0 Å². The van der Waals surface area contributed by atoms with Gasteiger partial charge in [0.05, 0.1) is 0 Å². The Bertz CT molecular complexity index is 550. The summed E-state index contributed by atoms with van der Waals surface area (Å²) in [4.78, 5) is 0. The molecule has 0 radical (unpaired) electrons. The molecule has 0 heteroatoms. The Morgan fingerprint density at radius 1 is 1.10 bits per heavy atom. The van der Waals surface area contributed by atoms with Crippen LogP contribution in [0.1, 0.15) is 105 Å². The number of unbranched alkanes of at least 4 members (excludes halogenated alkanes) is 2. The van der Waals surface area contributed by atoms with Gasteiger partial charge in [-0.05, 0) is 87.4 Å². The Kier molecular flexibility index (Phi) is 13.1. The molecule has 164 valence electrons. The number of allylic oxidation sites excluding steroid dienone is 4. The first-order chi connectivity index (χ1) is 13.6. The van der Waals surface area contributed by atoms with E-state index in [1.54, 1.807) is 0 Å². The van der Waals surface area contributed by atoms with E-state index in [-0.39, 0.29) is 7.43 Å². The molecule has 0 aliphatic heterocycles. The molecule has 2 aliphatic rings. The first kappa shape index (κ1) is 25.8. The minimum Gasteiger partial charge on any atom is -0.103 e. The Balaban J connectivity index is 0.00000420. The molecule has 4 unspecified atom stereocenters. The van der Waals surface area contributed by atoms with Crippen molar-refractivity contribution in [3.63, 3.8) is 0 Å². The van der Waals surface area contributed by atoms with Gasteiger partial charge >= 0.3 is 0 Å². The van der Waals surface area contributed by atoms with Crippen molar-refractivity contribution in [3.8, 4) is 11.8 Å². The van der Waals surface area contributed by atoms with E-state index in [1.807, 2.05) is 6.08 Å². The van der Waals surface area contributed by atoms with Crippen LogP contribution >= 0.6 is 0 Å². The van der Waals surface area contributed by atoms with Crippen LogP contribution in [0.2, 0.25) is 0 Å². The van der Waals surface area contributed by atoms with Crippen LogP contribution in [0.25, 0.3) is 0 Å². The number of hydrogen-bond acceptors (Lipinski definition) is 0. The van der Waals surface area contributed by atoms with Gasteiger partial charge in [-0.2, -0.15) is 0 Å². The van der Waals surface area contributed by atoms with E-state index in [1.165, 1.54) is 69.8 Å². The largest absolute Gasteiger partial charge is 0.103 e. The fourth-order valence-electron chi connectivity index (χ4n) is 4.64. The average molecular weight is 397 g/mol. The van der Waals surface area contributed by atoms with Gasteiger partial charge < -0.3 is 0 Å². The zero-order valence-electron chi connectivity index (χ0n) is 18.7. The third kappa shape index (κ3) is 10.9. The molecule has 0 bridgehead atoms. The maximum atomic E-state index is 4.39. The van der Waals surface area contributed by atoms with Crippen LogP contribution in [0.3, 0.4) is 0 Å². The van der Waals surface area contributed by atoms with Crippen molar-refractivity contribution in [2.24, 2.45) is 29.6 Å². The second-order valence-electron chi connectivity index (χ2n) is 9.64. The van der Waals surface area contributed by atoms with Gasteiger partial charge in [0.15, 0.2) is 0 Å². The predicted molar refractivity (Wildman–Crippen MR) is 132 cm³/mol. The highest BCUT2D eigenvalue weighted by molar-refractivity contribution is 5.15. The fourth-order valence-corrected chi connectivity index (χ4v) is 4.64.